The Morgan fingerprint density at radius 2 is 1.78 bits per heavy atom. The molecule has 1 aliphatic rings. The molecule has 0 saturated carbocycles. The first-order valence-corrected chi connectivity index (χ1v) is 5.70. The summed E-state index contributed by atoms with van der Waals surface area (Å²) in [6.45, 7) is 2.53. The Kier molecular flexibility index (Phi) is 4.64. The van der Waals surface area contributed by atoms with Crippen LogP contribution in [0.1, 0.15) is 13.8 Å². The second-order valence-electron chi connectivity index (χ2n) is 4.22. The van der Waals surface area contributed by atoms with Crippen molar-refractivity contribution in [1.29, 1.82) is 0 Å². The van der Waals surface area contributed by atoms with Gasteiger partial charge in [0.25, 0.3) is 0 Å². The van der Waals surface area contributed by atoms with Crippen molar-refractivity contribution >= 4 is 5.78 Å². The Hall–Kier alpha value is -1.21. The number of hydrogen-bond donors (Lipinski definition) is 3. The third-order valence-electron chi connectivity index (χ3n) is 3.14. The van der Waals surface area contributed by atoms with Crippen molar-refractivity contribution in [2.45, 2.75) is 19.6 Å². The van der Waals surface area contributed by atoms with E-state index in [2.05, 4.69) is 0 Å². The van der Waals surface area contributed by atoms with E-state index in [1.807, 2.05) is 0 Å². The van der Waals surface area contributed by atoms with E-state index in [0.717, 1.165) is 6.08 Å². The van der Waals surface area contributed by atoms with Crippen LogP contribution in [0.3, 0.4) is 0 Å². The minimum Gasteiger partial charge on any atom is -0.821 e. The molecule has 1 unspecified atom stereocenters. The summed E-state index contributed by atoms with van der Waals surface area (Å²) >= 11 is 0. The maximum atomic E-state index is 12.2. The van der Waals surface area contributed by atoms with E-state index in [0.29, 0.717) is 0 Å². The molecule has 0 aliphatic heterocycles. The molecule has 0 saturated heterocycles. The summed E-state index contributed by atoms with van der Waals surface area (Å²) in [6.07, 6.45) is 1.07. The molecule has 1 atom stereocenters. The molecule has 0 radical (unpaired) electrons. The zero-order valence-corrected chi connectivity index (χ0v) is 10.5. The van der Waals surface area contributed by atoms with Crippen molar-refractivity contribution < 1.29 is 25.2 Å². The van der Waals surface area contributed by atoms with Gasteiger partial charge in [-0.1, -0.05) is 0 Å². The van der Waals surface area contributed by atoms with Crippen LogP contribution in [0.25, 0.3) is 0 Å². The van der Waals surface area contributed by atoms with Gasteiger partial charge in [-0.05, 0) is 25.0 Å². The lowest BCUT2D eigenvalue weighted by atomic mass is 9.90. The van der Waals surface area contributed by atoms with Gasteiger partial charge in [0.1, 0.15) is 0 Å². The molecule has 6 nitrogen and oxygen atoms in total. The van der Waals surface area contributed by atoms with Crippen LogP contribution < -0.4 is 5.11 Å². The number of allylic oxidation sites excluding steroid dienone is 2. The molecule has 0 fully saturated rings. The normalized spacial score (nSPS) is 24.3. The molecule has 0 aromatic rings. The molecule has 3 N–H and O–H groups in total. The molecule has 1 aliphatic carbocycles. The van der Waals surface area contributed by atoms with Crippen LogP contribution in [0.15, 0.2) is 22.9 Å². The smallest absolute Gasteiger partial charge is 0.183 e. The van der Waals surface area contributed by atoms with E-state index >= 15 is 0 Å². The minimum absolute atomic E-state index is 0.0471. The fraction of sp³-hybridized carbons (Fsp3) is 0.583. The number of aliphatic hydroxyl groups is 3. The van der Waals surface area contributed by atoms with Gasteiger partial charge in [-0.2, -0.15) is 0 Å². The van der Waals surface area contributed by atoms with Crippen molar-refractivity contribution in [3.8, 4) is 0 Å². The van der Waals surface area contributed by atoms with Gasteiger partial charge in [-0.25, -0.2) is 0 Å². The van der Waals surface area contributed by atoms with Gasteiger partial charge in [-0.3, -0.25) is 4.79 Å². The van der Waals surface area contributed by atoms with Gasteiger partial charge in [0, 0.05) is 24.9 Å². The topological polar surface area (TPSA) is 104 Å². The van der Waals surface area contributed by atoms with E-state index in [4.69, 9.17) is 10.2 Å². The monoisotopic (exact) mass is 256 g/mol. The summed E-state index contributed by atoms with van der Waals surface area (Å²) < 4.78 is 0. The molecule has 0 aromatic heterocycles. The van der Waals surface area contributed by atoms with Crippen LogP contribution in [0.2, 0.25) is 0 Å². The molecule has 18 heavy (non-hydrogen) atoms. The maximum Gasteiger partial charge on any atom is 0.183 e. The second-order valence-corrected chi connectivity index (χ2v) is 4.22. The number of hydrogen-bond acceptors (Lipinski definition) is 6. The fourth-order valence-corrected chi connectivity index (χ4v) is 1.86. The number of nitrogens with zero attached hydrogens (tertiary/aromatic N) is 1. The highest BCUT2D eigenvalue weighted by atomic mass is 16.5. The van der Waals surface area contributed by atoms with Crippen LogP contribution in [-0.2, 0) is 4.79 Å². The van der Waals surface area contributed by atoms with Crippen LogP contribution in [0.4, 0.5) is 0 Å². The lowest BCUT2D eigenvalue weighted by Gasteiger charge is -2.46. The number of ketones is 1. The lowest BCUT2D eigenvalue weighted by molar-refractivity contribution is -0.519. The molecule has 0 amide bonds. The zero-order valence-electron chi connectivity index (χ0n) is 10.5. The molecular formula is C12H18NO5-. The van der Waals surface area contributed by atoms with E-state index in [9.17, 15) is 15.0 Å². The van der Waals surface area contributed by atoms with Crippen molar-refractivity contribution in [1.82, 2.24) is 4.90 Å². The molecule has 0 aromatic carbocycles. The third kappa shape index (κ3) is 2.62. The fourth-order valence-electron chi connectivity index (χ4n) is 1.86. The summed E-state index contributed by atoms with van der Waals surface area (Å²) in [6, 6.07) is 0. The summed E-state index contributed by atoms with van der Waals surface area (Å²) in [5.41, 5.74) is 0.147. The Morgan fingerprint density at radius 1 is 1.28 bits per heavy atom. The highest BCUT2D eigenvalue weighted by Gasteiger charge is 2.32. The van der Waals surface area contributed by atoms with Crippen molar-refractivity contribution in [3.05, 3.63) is 22.9 Å². The third-order valence-corrected chi connectivity index (χ3v) is 3.14. The molecular weight excluding hydrogens is 238 g/mol. The van der Waals surface area contributed by atoms with Crippen molar-refractivity contribution in [3.63, 3.8) is 0 Å². The predicted molar refractivity (Wildman–Crippen MR) is 62.2 cm³/mol. The van der Waals surface area contributed by atoms with Crippen molar-refractivity contribution in [2.75, 3.05) is 26.3 Å². The number of carbonyl (C=O) groups is 1. The SMILES string of the molecule is CC1=C(C)C([O-])(O)C(N(CCO)CCO)=CC1=O. The first-order valence-electron chi connectivity index (χ1n) is 5.70. The molecule has 0 heterocycles. The van der Waals surface area contributed by atoms with E-state index in [-0.39, 0.29) is 48.9 Å². The quantitative estimate of drug-likeness (QED) is 0.498. The van der Waals surface area contributed by atoms with Gasteiger partial charge < -0.3 is 25.3 Å². The minimum atomic E-state index is -2.50. The summed E-state index contributed by atoms with van der Waals surface area (Å²) in [5.74, 6) is -2.84. The molecule has 1 rings (SSSR count). The van der Waals surface area contributed by atoms with Crippen LogP contribution in [-0.4, -0.2) is 58.1 Å². The summed E-state index contributed by atoms with van der Waals surface area (Å²) in [4.78, 5) is 13.0. The standard InChI is InChI=1S/C12H18NO5/c1-8-9(2)12(17,18)11(7-10(8)16)13(3-5-14)4-6-15/h7,14-15,17H,3-6H2,1-2H3/q-1. The Labute approximate surface area is 105 Å². The second kappa shape index (κ2) is 5.62. The average Bonchev–Trinajstić information content (AvgIpc) is 2.31. The van der Waals surface area contributed by atoms with Crippen LogP contribution in [0.5, 0.6) is 0 Å². The Morgan fingerprint density at radius 3 is 2.22 bits per heavy atom. The van der Waals surface area contributed by atoms with Gasteiger partial charge in [0.15, 0.2) is 5.78 Å². The Bertz CT molecular complexity index is 391. The van der Waals surface area contributed by atoms with E-state index < -0.39 is 5.79 Å². The van der Waals surface area contributed by atoms with Gasteiger partial charge in [-0.15, -0.1) is 0 Å². The summed E-state index contributed by atoms with van der Waals surface area (Å²) in [7, 11) is 0. The molecule has 0 bridgehead atoms. The first-order chi connectivity index (χ1) is 8.36. The van der Waals surface area contributed by atoms with Crippen molar-refractivity contribution in [2.24, 2.45) is 0 Å². The van der Waals surface area contributed by atoms with Gasteiger partial charge >= 0.3 is 0 Å². The van der Waals surface area contributed by atoms with Gasteiger partial charge in [0.05, 0.1) is 19.0 Å². The Balaban J connectivity index is 3.14. The highest BCUT2D eigenvalue weighted by molar-refractivity contribution is 6.06. The van der Waals surface area contributed by atoms with E-state index in [1.165, 1.54) is 18.7 Å². The van der Waals surface area contributed by atoms with Gasteiger partial charge in [0.2, 0.25) is 0 Å². The largest absolute Gasteiger partial charge is 0.821 e. The molecule has 6 heteroatoms. The number of rotatable bonds is 5. The number of carbonyl (C=O) groups excluding carboxylic acids is 1. The molecule has 102 valence electrons. The maximum absolute atomic E-state index is 12.2. The van der Waals surface area contributed by atoms with Crippen LogP contribution >= 0.6 is 0 Å². The zero-order chi connectivity index (χ0) is 13.9. The summed E-state index contributed by atoms with van der Waals surface area (Å²) in [5, 5.41) is 40.0. The average molecular weight is 256 g/mol. The number of aliphatic hydroxyl groups excluding tert-OH is 2. The lowest BCUT2D eigenvalue weighted by Crippen LogP contribution is -2.55. The van der Waals surface area contributed by atoms with E-state index in [1.54, 1.807) is 0 Å². The molecule has 0 spiro atoms. The first kappa shape index (κ1) is 14.8. The predicted octanol–water partition coefficient (Wildman–Crippen LogP) is -1.88. The van der Waals surface area contributed by atoms with Crippen LogP contribution in [0, 0.1) is 0 Å². The highest BCUT2D eigenvalue weighted by Crippen LogP contribution is 2.30.